The summed E-state index contributed by atoms with van der Waals surface area (Å²) in [6, 6.07) is 0. The standard InChI is InChI=1S/C9H15NO4/c1-3-8(12)14-9-6-10(7(2)11)4-5-13-9/h3,7,9,11H,1,4-6H2,2H3. The van der Waals surface area contributed by atoms with Crippen LogP contribution in [0.1, 0.15) is 6.92 Å². The zero-order valence-electron chi connectivity index (χ0n) is 8.18. The maximum absolute atomic E-state index is 10.9. The van der Waals surface area contributed by atoms with Crippen LogP contribution in [-0.4, -0.2) is 48.2 Å². The molecule has 0 spiro atoms. The zero-order valence-corrected chi connectivity index (χ0v) is 8.18. The molecule has 0 amide bonds. The molecule has 1 heterocycles. The van der Waals surface area contributed by atoms with Crippen molar-refractivity contribution in [2.24, 2.45) is 0 Å². The fraction of sp³-hybridized carbons (Fsp3) is 0.667. The van der Waals surface area contributed by atoms with Gasteiger partial charge in [-0.3, -0.25) is 4.90 Å². The van der Waals surface area contributed by atoms with Gasteiger partial charge >= 0.3 is 5.97 Å². The number of rotatable bonds is 3. The molecular weight excluding hydrogens is 186 g/mol. The first-order chi connectivity index (χ1) is 6.63. The fourth-order valence-electron chi connectivity index (χ4n) is 1.23. The van der Waals surface area contributed by atoms with Crippen molar-refractivity contribution in [1.29, 1.82) is 0 Å². The van der Waals surface area contributed by atoms with Crippen LogP contribution in [0.2, 0.25) is 0 Å². The van der Waals surface area contributed by atoms with Crippen LogP contribution in [0.3, 0.4) is 0 Å². The molecule has 0 aliphatic carbocycles. The van der Waals surface area contributed by atoms with Gasteiger partial charge in [0.1, 0.15) is 6.23 Å². The highest BCUT2D eigenvalue weighted by atomic mass is 16.7. The Morgan fingerprint density at radius 1 is 1.86 bits per heavy atom. The van der Waals surface area contributed by atoms with Crippen molar-refractivity contribution in [3.8, 4) is 0 Å². The molecule has 1 saturated heterocycles. The normalized spacial score (nSPS) is 25.4. The number of esters is 1. The largest absolute Gasteiger partial charge is 0.431 e. The van der Waals surface area contributed by atoms with Gasteiger partial charge in [0.15, 0.2) is 0 Å². The summed E-state index contributed by atoms with van der Waals surface area (Å²) in [5.41, 5.74) is 0. The van der Waals surface area contributed by atoms with Gasteiger partial charge in [-0.1, -0.05) is 6.58 Å². The molecule has 0 aromatic heterocycles. The molecule has 0 bridgehead atoms. The third-order valence-electron chi connectivity index (χ3n) is 2.01. The number of nitrogens with zero attached hydrogens (tertiary/aromatic N) is 1. The summed E-state index contributed by atoms with van der Waals surface area (Å²) in [6.07, 6.45) is -0.0716. The Labute approximate surface area is 82.9 Å². The summed E-state index contributed by atoms with van der Waals surface area (Å²) in [5, 5.41) is 9.30. The first-order valence-electron chi connectivity index (χ1n) is 4.50. The third kappa shape index (κ3) is 3.10. The minimum absolute atomic E-state index is 0.386. The lowest BCUT2D eigenvalue weighted by Crippen LogP contribution is -2.48. The highest BCUT2D eigenvalue weighted by molar-refractivity contribution is 5.81. The Kier molecular flexibility index (Phi) is 4.06. The van der Waals surface area contributed by atoms with Crippen LogP contribution in [0.5, 0.6) is 0 Å². The van der Waals surface area contributed by atoms with Gasteiger partial charge < -0.3 is 14.6 Å². The number of hydrogen-bond acceptors (Lipinski definition) is 5. The Morgan fingerprint density at radius 3 is 3.14 bits per heavy atom. The maximum Gasteiger partial charge on any atom is 0.332 e. The van der Waals surface area contributed by atoms with Gasteiger partial charge in [0.05, 0.1) is 13.2 Å². The van der Waals surface area contributed by atoms with E-state index >= 15 is 0 Å². The number of ether oxygens (including phenoxy) is 2. The molecule has 1 N–H and O–H groups in total. The number of morpholine rings is 1. The van der Waals surface area contributed by atoms with Crippen LogP contribution in [0.4, 0.5) is 0 Å². The molecule has 0 radical (unpaired) electrons. The summed E-state index contributed by atoms with van der Waals surface area (Å²) in [4.78, 5) is 12.6. The van der Waals surface area contributed by atoms with E-state index in [4.69, 9.17) is 9.47 Å². The molecule has 2 unspecified atom stereocenters. The van der Waals surface area contributed by atoms with Gasteiger partial charge in [-0.2, -0.15) is 0 Å². The summed E-state index contributed by atoms with van der Waals surface area (Å²) >= 11 is 0. The topological polar surface area (TPSA) is 59.0 Å². The number of carbonyl (C=O) groups is 1. The lowest BCUT2D eigenvalue weighted by Gasteiger charge is -2.33. The minimum atomic E-state index is -0.608. The molecule has 5 nitrogen and oxygen atoms in total. The quantitative estimate of drug-likeness (QED) is 0.502. The van der Waals surface area contributed by atoms with Crippen molar-refractivity contribution >= 4 is 5.97 Å². The molecule has 14 heavy (non-hydrogen) atoms. The van der Waals surface area contributed by atoms with Crippen molar-refractivity contribution in [3.05, 3.63) is 12.7 Å². The van der Waals surface area contributed by atoms with E-state index in [1.54, 1.807) is 11.8 Å². The van der Waals surface area contributed by atoms with Gasteiger partial charge in [0.25, 0.3) is 0 Å². The second kappa shape index (κ2) is 5.09. The smallest absolute Gasteiger partial charge is 0.332 e. The lowest BCUT2D eigenvalue weighted by atomic mass is 10.4. The molecule has 0 aromatic rings. The summed E-state index contributed by atoms with van der Waals surface area (Å²) in [7, 11) is 0. The van der Waals surface area contributed by atoms with Gasteiger partial charge in [0.2, 0.25) is 6.29 Å². The predicted molar refractivity (Wildman–Crippen MR) is 49.3 cm³/mol. The van der Waals surface area contributed by atoms with Gasteiger partial charge in [0, 0.05) is 12.6 Å². The second-order valence-corrected chi connectivity index (χ2v) is 3.07. The molecule has 1 aliphatic heterocycles. The first-order valence-corrected chi connectivity index (χ1v) is 4.50. The Balaban J connectivity index is 2.39. The Hall–Kier alpha value is -0.910. The molecule has 2 atom stereocenters. The second-order valence-electron chi connectivity index (χ2n) is 3.07. The SMILES string of the molecule is C=CC(=O)OC1CN(C(C)O)CCO1. The molecule has 80 valence electrons. The summed E-state index contributed by atoms with van der Waals surface area (Å²) in [5.74, 6) is -0.512. The monoisotopic (exact) mass is 201 g/mol. The van der Waals surface area contributed by atoms with Crippen LogP contribution >= 0.6 is 0 Å². The Bertz CT molecular complexity index is 217. The molecule has 0 aromatic carbocycles. The molecular formula is C9H15NO4. The van der Waals surface area contributed by atoms with Crippen LogP contribution in [-0.2, 0) is 14.3 Å². The van der Waals surface area contributed by atoms with Crippen molar-refractivity contribution in [3.63, 3.8) is 0 Å². The van der Waals surface area contributed by atoms with Crippen LogP contribution in [0.15, 0.2) is 12.7 Å². The molecule has 0 saturated carbocycles. The third-order valence-corrected chi connectivity index (χ3v) is 2.01. The van der Waals surface area contributed by atoms with Crippen molar-refractivity contribution < 1.29 is 19.4 Å². The van der Waals surface area contributed by atoms with Gasteiger partial charge in [-0.05, 0) is 6.92 Å². The number of hydrogen-bond donors (Lipinski definition) is 1. The van der Waals surface area contributed by atoms with Crippen molar-refractivity contribution in [2.75, 3.05) is 19.7 Å². The predicted octanol–water partition coefficient (Wildman–Crippen LogP) is -0.288. The summed E-state index contributed by atoms with van der Waals surface area (Å²) in [6.45, 7) is 6.42. The number of aliphatic hydroxyl groups excluding tert-OH is 1. The van der Waals surface area contributed by atoms with E-state index in [0.29, 0.717) is 19.7 Å². The molecule has 1 aliphatic rings. The fourth-order valence-corrected chi connectivity index (χ4v) is 1.23. The Morgan fingerprint density at radius 2 is 2.57 bits per heavy atom. The zero-order chi connectivity index (χ0) is 10.6. The van der Waals surface area contributed by atoms with E-state index in [-0.39, 0.29) is 0 Å². The van der Waals surface area contributed by atoms with Crippen molar-refractivity contribution in [2.45, 2.75) is 19.4 Å². The van der Waals surface area contributed by atoms with Gasteiger partial charge in [-0.25, -0.2) is 4.79 Å². The summed E-state index contributed by atoms with van der Waals surface area (Å²) < 4.78 is 10.1. The van der Waals surface area contributed by atoms with Gasteiger partial charge in [-0.15, -0.1) is 0 Å². The van der Waals surface area contributed by atoms with E-state index in [1.165, 1.54) is 0 Å². The minimum Gasteiger partial charge on any atom is -0.431 e. The first kappa shape index (κ1) is 11.2. The van der Waals surface area contributed by atoms with E-state index in [2.05, 4.69) is 6.58 Å². The highest BCUT2D eigenvalue weighted by Gasteiger charge is 2.24. The average Bonchev–Trinajstić information content (AvgIpc) is 2.18. The van der Waals surface area contributed by atoms with Crippen LogP contribution in [0, 0.1) is 0 Å². The van der Waals surface area contributed by atoms with E-state index in [9.17, 15) is 9.90 Å². The number of aliphatic hydroxyl groups is 1. The molecule has 1 rings (SSSR count). The number of carbonyl (C=O) groups excluding carboxylic acids is 1. The molecule has 1 fully saturated rings. The maximum atomic E-state index is 10.9. The van der Waals surface area contributed by atoms with Crippen LogP contribution < -0.4 is 0 Å². The van der Waals surface area contributed by atoms with E-state index < -0.39 is 18.5 Å². The van der Waals surface area contributed by atoms with E-state index in [0.717, 1.165) is 6.08 Å². The lowest BCUT2D eigenvalue weighted by molar-refractivity contribution is -0.200. The molecule has 5 heteroatoms. The van der Waals surface area contributed by atoms with E-state index in [1.807, 2.05) is 0 Å². The van der Waals surface area contributed by atoms with Crippen LogP contribution in [0.25, 0.3) is 0 Å². The van der Waals surface area contributed by atoms with Crippen molar-refractivity contribution in [1.82, 2.24) is 4.90 Å². The highest BCUT2D eigenvalue weighted by Crippen LogP contribution is 2.08. The average molecular weight is 201 g/mol.